The van der Waals surface area contributed by atoms with Crippen LogP contribution < -0.4 is 14.2 Å². The maximum Gasteiger partial charge on any atom is 0.264 e. The van der Waals surface area contributed by atoms with Crippen molar-refractivity contribution in [2.24, 2.45) is 0 Å². The van der Waals surface area contributed by atoms with Crippen molar-refractivity contribution in [1.29, 1.82) is 0 Å². The first kappa shape index (κ1) is 19.3. The lowest BCUT2D eigenvalue weighted by Gasteiger charge is -2.17. The van der Waals surface area contributed by atoms with Crippen LogP contribution in [0.3, 0.4) is 0 Å². The molecule has 0 spiro atoms. The van der Waals surface area contributed by atoms with Gasteiger partial charge in [0.25, 0.3) is 10.0 Å². The zero-order valence-electron chi connectivity index (χ0n) is 16.1. The summed E-state index contributed by atoms with van der Waals surface area (Å²) >= 11 is 0. The fourth-order valence-electron chi connectivity index (χ4n) is 4.02. The monoisotopic (exact) mass is 411 g/mol. The average Bonchev–Trinajstić information content (AvgIpc) is 3.18. The zero-order chi connectivity index (χ0) is 20.6. The Morgan fingerprint density at radius 1 is 0.966 bits per heavy atom. The second kappa shape index (κ2) is 7.40. The third-order valence-corrected chi connectivity index (χ3v) is 6.74. The normalized spacial score (nSPS) is 15.7. The van der Waals surface area contributed by atoms with Crippen molar-refractivity contribution in [3.05, 3.63) is 65.7 Å². The summed E-state index contributed by atoms with van der Waals surface area (Å²) in [7, 11) is -0.933. The van der Waals surface area contributed by atoms with Gasteiger partial charge in [-0.1, -0.05) is 36.4 Å². The highest BCUT2D eigenvalue weighted by molar-refractivity contribution is 7.90. The molecule has 0 fully saturated rings. The first-order chi connectivity index (χ1) is 14.0. The number of ether oxygens (including phenoxy) is 2. The molecule has 0 aliphatic heterocycles. The lowest BCUT2D eigenvalue weighted by Crippen LogP contribution is -2.34. The highest BCUT2D eigenvalue weighted by atomic mass is 32.2. The molecule has 150 valence electrons. The Morgan fingerprint density at radius 2 is 1.66 bits per heavy atom. The minimum absolute atomic E-state index is 0.0831. The Hall–Kier alpha value is -3.06. The number of carbonyl (C=O) groups excluding carboxylic acids is 1. The van der Waals surface area contributed by atoms with E-state index < -0.39 is 21.8 Å². The Bertz CT molecular complexity index is 1200. The van der Waals surface area contributed by atoms with E-state index in [0.29, 0.717) is 35.3 Å². The summed E-state index contributed by atoms with van der Waals surface area (Å²) in [6, 6.07) is 15.7. The number of nitrogens with one attached hydrogen (secondary N) is 1. The predicted octanol–water partition coefficient (Wildman–Crippen LogP) is 3.39. The molecule has 0 saturated carbocycles. The summed E-state index contributed by atoms with van der Waals surface area (Å²) < 4.78 is 39.1. The zero-order valence-corrected chi connectivity index (χ0v) is 17.0. The van der Waals surface area contributed by atoms with Gasteiger partial charge in [-0.25, -0.2) is 13.1 Å². The predicted molar refractivity (Wildman–Crippen MR) is 110 cm³/mol. The van der Waals surface area contributed by atoms with E-state index in [4.69, 9.17) is 9.47 Å². The van der Waals surface area contributed by atoms with Crippen molar-refractivity contribution < 1.29 is 22.7 Å². The van der Waals surface area contributed by atoms with E-state index in [1.807, 2.05) is 18.2 Å². The van der Waals surface area contributed by atoms with E-state index in [1.165, 1.54) is 13.2 Å². The first-order valence-corrected chi connectivity index (χ1v) is 10.7. The van der Waals surface area contributed by atoms with Crippen molar-refractivity contribution in [3.63, 3.8) is 0 Å². The van der Waals surface area contributed by atoms with Gasteiger partial charge in [0.2, 0.25) is 5.91 Å². The minimum atomic E-state index is -4.03. The number of fused-ring (bicyclic) bond motifs is 2. The van der Waals surface area contributed by atoms with E-state index in [1.54, 1.807) is 37.4 Å². The van der Waals surface area contributed by atoms with Gasteiger partial charge in [0, 0.05) is 16.5 Å². The maximum atomic E-state index is 13.0. The van der Waals surface area contributed by atoms with Crippen LogP contribution in [-0.4, -0.2) is 28.5 Å². The van der Waals surface area contributed by atoms with E-state index >= 15 is 0 Å². The number of rotatable bonds is 5. The summed E-state index contributed by atoms with van der Waals surface area (Å²) in [6.45, 7) is 0. The molecule has 0 heterocycles. The molecule has 29 heavy (non-hydrogen) atoms. The fraction of sp³-hybridized carbons (Fsp3) is 0.227. The van der Waals surface area contributed by atoms with E-state index in [2.05, 4.69) is 4.72 Å². The Kier molecular flexibility index (Phi) is 4.92. The lowest BCUT2D eigenvalue weighted by molar-refractivity contribution is -0.120. The molecule has 3 aromatic rings. The molecule has 0 unspecified atom stereocenters. The van der Waals surface area contributed by atoms with Gasteiger partial charge < -0.3 is 9.47 Å². The van der Waals surface area contributed by atoms with E-state index in [9.17, 15) is 13.2 Å². The van der Waals surface area contributed by atoms with E-state index in [0.717, 1.165) is 10.9 Å². The van der Waals surface area contributed by atoms with Crippen molar-refractivity contribution in [3.8, 4) is 11.5 Å². The van der Waals surface area contributed by atoms with Gasteiger partial charge in [-0.3, -0.25) is 4.79 Å². The van der Waals surface area contributed by atoms with Crippen molar-refractivity contribution >= 4 is 26.7 Å². The molecule has 4 rings (SSSR count). The number of hydrogen-bond acceptors (Lipinski definition) is 5. The van der Waals surface area contributed by atoms with Crippen LogP contribution in [0.25, 0.3) is 10.8 Å². The lowest BCUT2D eigenvalue weighted by atomic mass is 9.99. The molecule has 0 aromatic heterocycles. The van der Waals surface area contributed by atoms with Gasteiger partial charge in [0.05, 0.1) is 25.0 Å². The summed E-state index contributed by atoms with van der Waals surface area (Å²) in [6.07, 6.45) is 1.10. The first-order valence-electron chi connectivity index (χ1n) is 9.24. The highest BCUT2D eigenvalue weighted by Crippen LogP contribution is 2.44. The molecule has 1 aliphatic rings. The Morgan fingerprint density at radius 3 is 2.41 bits per heavy atom. The van der Waals surface area contributed by atoms with Gasteiger partial charge in [-0.15, -0.1) is 0 Å². The Labute approximate surface area is 169 Å². The smallest absolute Gasteiger partial charge is 0.264 e. The molecule has 0 bridgehead atoms. The number of amides is 1. The van der Waals surface area contributed by atoms with Crippen LogP contribution in [0, 0.1) is 0 Å². The molecular formula is C22H21NO5S. The molecule has 1 atom stereocenters. The largest absolute Gasteiger partial charge is 0.496 e. The molecule has 6 nitrogen and oxygen atoms in total. The number of hydrogen-bond donors (Lipinski definition) is 1. The van der Waals surface area contributed by atoms with Crippen LogP contribution in [0.1, 0.15) is 23.5 Å². The van der Waals surface area contributed by atoms with Gasteiger partial charge in [-0.2, -0.15) is 0 Å². The molecule has 7 heteroatoms. The quantitative estimate of drug-likeness (QED) is 0.696. The molecule has 0 saturated heterocycles. The van der Waals surface area contributed by atoms with E-state index in [-0.39, 0.29) is 4.90 Å². The Balaban J connectivity index is 1.70. The van der Waals surface area contributed by atoms with Crippen molar-refractivity contribution in [2.45, 2.75) is 23.7 Å². The summed E-state index contributed by atoms with van der Waals surface area (Å²) in [5, 5.41) is 1.36. The number of carbonyl (C=O) groups is 1. The molecule has 3 aromatic carbocycles. The van der Waals surface area contributed by atoms with Gasteiger partial charge in [0.1, 0.15) is 11.5 Å². The van der Waals surface area contributed by atoms with Crippen molar-refractivity contribution in [2.75, 3.05) is 14.2 Å². The minimum Gasteiger partial charge on any atom is -0.496 e. The molecule has 1 N–H and O–H groups in total. The third-order valence-electron chi connectivity index (χ3n) is 5.34. The van der Waals surface area contributed by atoms with Crippen LogP contribution in [-0.2, 0) is 21.2 Å². The fourth-order valence-corrected chi connectivity index (χ4v) is 5.27. The van der Waals surface area contributed by atoms with Crippen LogP contribution in [0.15, 0.2) is 59.5 Å². The summed E-state index contributed by atoms with van der Waals surface area (Å²) in [4.78, 5) is 13.1. The third kappa shape index (κ3) is 3.31. The molecule has 1 aliphatic carbocycles. The van der Waals surface area contributed by atoms with Crippen LogP contribution in [0.5, 0.6) is 11.5 Å². The number of methoxy groups -OCH3 is 2. The molecular weight excluding hydrogens is 390 g/mol. The van der Waals surface area contributed by atoms with Gasteiger partial charge >= 0.3 is 0 Å². The van der Waals surface area contributed by atoms with Crippen LogP contribution in [0.4, 0.5) is 0 Å². The van der Waals surface area contributed by atoms with Crippen LogP contribution in [0.2, 0.25) is 0 Å². The van der Waals surface area contributed by atoms with Crippen LogP contribution >= 0.6 is 0 Å². The molecule has 0 radical (unpaired) electrons. The highest BCUT2D eigenvalue weighted by Gasteiger charge is 2.36. The van der Waals surface area contributed by atoms with Gasteiger partial charge in [-0.05, 0) is 36.4 Å². The SMILES string of the molecule is COc1ccc(OC)c2c1CC[C@H]2C(=O)NS(=O)(=O)c1cccc2ccccc12. The van der Waals surface area contributed by atoms with Gasteiger partial charge in [0.15, 0.2) is 0 Å². The molecule has 1 amide bonds. The number of benzene rings is 3. The summed E-state index contributed by atoms with van der Waals surface area (Å²) in [5.41, 5.74) is 1.58. The average molecular weight is 411 g/mol. The van der Waals surface area contributed by atoms with Crippen molar-refractivity contribution in [1.82, 2.24) is 4.72 Å². The second-order valence-electron chi connectivity index (χ2n) is 6.90. The second-order valence-corrected chi connectivity index (χ2v) is 8.55. The maximum absolute atomic E-state index is 13.0. The topological polar surface area (TPSA) is 81.7 Å². The number of sulfonamides is 1. The standard InChI is InChI=1S/C22H21NO5S/c1-27-18-12-13-19(28-2)21-16(18)10-11-17(21)22(24)23-29(25,26)20-9-5-7-14-6-3-4-8-15(14)20/h3-9,12-13,17H,10-11H2,1-2H3,(H,23,24)/t17-/m1/s1. The summed E-state index contributed by atoms with van der Waals surface area (Å²) in [5.74, 6) is 0.0389.